The summed E-state index contributed by atoms with van der Waals surface area (Å²) >= 11 is 0. The van der Waals surface area contributed by atoms with Crippen LogP contribution in [0, 0.1) is 11.3 Å². The molecule has 0 spiro atoms. The van der Waals surface area contributed by atoms with Crippen LogP contribution in [0.4, 0.5) is 0 Å². The van der Waals surface area contributed by atoms with E-state index >= 15 is 0 Å². The monoisotopic (exact) mass is 245 g/mol. The van der Waals surface area contributed by atoms with Gasteiger partial charge < -0.3 is 9.47 Å². The van der Waals surface area contributed by atoms with Gasteiger partial charge in [-0.2, -0.15) is 5.26 Å². The zero-order chi connectivity index (χ0) is 13.4. The molecule has 1 rings (SSSR count). The minimum atomic E-state index is 0.130. The minimum absolute atomic E-state index is 0.130. The molecule has 18 heavy (non-hydrogen) atoms. The number of carbonyl (C=O) groups excluding carboxylic acids is 1. The normalized spacial score (nSPS) is 9.17. The van der Waals surface area contributed by atoms with Crippen LogP contribution in [0.25, 0.3) is 0 Å². The molecule has 0 aliphatic rings. The van der Waals surface area contributed by atoms with Gasteiger partial charge in [-0.05, 0) is 30.5 Å². The average molecular weight is 245 g/mol. The van der Waals surface area contributed by atoms with Gasteiger partial charge in [0.25, 0.3) is 0 Å². The lowest BCUT2D eigenvalue weighted by Gasteiger charge is -2.08. The van der Waals surface area contributed by atoms with Gasteiger partial charge in [-0.25, -0.2) is 4.79 Å². The van der Waals surface area contributed by atoms with Crippen molar-refractivity contribution in [2.75, 3.05) is 14.2 Å². The van der Waals surface area contributed by atoms with E-state index in [1.807, 2.05) is 24.1 Å². The summed E-state index contributed by atoms with van der Waals surface area (Å²) in [6.07, 6.45) is 1.30. The second kappa shape index (κ2) is 7.16. The molecule has 0 radical (unpaired) electrons. The molecule has 0 amide bonds. The first-order valence-corrected chi connectivity index (χ1v) is 5.55. The molecule has 0 bridgehead atoms. The second-order valence-electron chi connectivity index (χ2n) is 3.76. The van der Waals surface area contributed by atoms with Crippen molar-refractivity contribution >= 4 is 5.94 Å². The molecule has 0 heterocycles. The smallest absolute Gasteiger partial charge is 0.124 e. The predicted molar refractivity (Wildman–Crippen MR) is 67.3 cm³/mol. The maximum atomic E-state index is 10.6. The average Bonchev–Trinajstić information content (AvgIpc) is 2.42. The minimum Gasteiger partial charge on any atom is -0.497 e. The third-order valence-electron chi connectivity index (χ3n) is 2.56. The second-order valence-corrected chi connectivity index (χ2v) is 3.76. The summed E-state index contributed by atoms with van der Waals surface area (Å²) in [5, 5.41) is 8.54. The number of rotatable bonds is 6. The number of methoxy groups -OCH3 is 2. The van der Waals surface area contributed by atoms with E-state index < -0.39 is 0 Å². The lowest BCUT2D eigenvalue weighted by atomic mass is 10.0. The molecule has 0 saturated heterocycles. The van der Waals surface area contributed by atoms with Crippen molar-refractivity contribution in [2.24, 2.45) is 0 Å². The van der Waals surface area contributed by atoms with Crippen LogP contribution in [-0.4, -0.2) is 20.2 Å². The number of allylic oxidation sites excluding steroid dienone is 1. The van der Waals surface area contributed by atoms with Gasteiger partial charge in [-0.1, -0.05) is 0 Å². The van der Waals surface area contributed by atoms with Gasteiger partial charge >= 0.3 is 0 Å². The van der Waals surface area contributed by atoms with Gasteiger partial charge in [0.2, 0.25) is 0 Å². The maximum absolute atomic E-state index is 10.6. The summed E-state index contributed by atoms with van der Waals surface area (Å²) in [7, 11) is 3.18. The number of hydrogen-bond acceptors (Lipinski definition) is 4. The molecular formula is C14H15NO3. The fourth-order valence-electron chi connectivity index (χ4n) is 1.58. The highest BCUT2D eigenvalue weighted by Gasteiger charge is 2.04. The van der Waals surface area contributed by atoms with Crippen molar-refractivity contribution in [1.29, 1.82) is 5.26 Å². The number of hydrogen-bond donors (Lipinski definition) is 0. The quantitative estimate of drug-likeness (QED) is 0.721. The summed E-state index contributed by atoms with van der Waals surface area (Å²) in [5.41, 5.74) is 1.48. The van der Waals surface area contributed by atoms with Gasteiger partial charge in [0, 0.05) is 11.6 Å². The molecule has 94 valence electrons. The van der Waals surface area contributed by atoms with E-state index in [1.54, 1.807) is 20.3 Å². The Hall–Kier alpha value is -2.24. The molecule has 4 heteroatoms. The first kappa shape index (κ1) is 13.8. The SMILES string of the molecule is COc1cc(CCC(=C=O)CC#N)cc(OC)c1. The summed E-state index contributed by atoms with van der Waals surface area (Å²) in [4.78, 5) is 10.6. The molecule has 0 aliphatic carbocycles. The molecule has 4 nitrogen and oxygen atoms in total. The lowest BCUT2D eigenvalue weighted by molar-refractivity contribution is 0.393. The summed E-state index contributed by atoms with van der Waals surface area (Å²) in [6, 6.07) is 7.51. The maximum Gasteiger partial charge on any atom is 0.124 e. The third-order valence-corrected chi connectivity index (χ3v) is 2.56. The van der Waals surface area contributed by atoms with Crippen LogP contribution in [-0.2, 0) is 11.2 Å². The standard InChI is InChI=1S/C14H15NO3/c1-17-13-7-12(8-14(9-13)18-2)4-3-11(10-16)5-6-15/h7-9H,3-5H2,1-2H3. The topological polar surface area (TPSA) is 59.3 Å². The van der Waals surface area contributed by atoms with Crippen LogP contribution >= 0.6 is 0 Å². The molecule has 0 N–H and O–H groups in total. The van der Waals surface area contributed by atoms with Crippen molar-refractivity contribution in [3.63, 3.8) is 0 Å². The van der Waals surface area contributed by atoms with Crippen molar-refractivity contribution in [1.82, 2.24) is 0 Å². The Labute approximate surface area is 106 Å². The van der Waals surface area contributed by atoms with Crippen molar-refractivity contribution in [3.8, 4) is 17.6 Å². The number of benzene rings is 1. The summed E-state index contributed by atoms with van der Waals surface area (Å²) in [5.74, 6) is 3.23. The molecule has 0 aromatic heterocycles. The zero-order valence-electron chi connectivity index (χ0n) is 10.5. The Kier molecular flexibility index (Phi) is 5.50. The first-order valence-electron chi connectivity index (χ1n) is 5.55. The van der Waals surface area contributed by atoms with Crippen molar-refractivity contribution in [2.45, 2.75) is 19.3 Å². The Morgan fingerprint density at radius 2 is 1.83 bits per heavy atom. The van der Waals surface area contributed by atoms with Crippen LogP contribution in [0.15, 0.2) is 23.8 Å². The van der Waals surface area contributed by atoms with E-state index in [9.17, 15) is 4.79 Å². The highest BCUT2D eigenvalue weighted by Crippen LogP contribution is 2.24. The van der Waals surface area contributed by atoms with Crippen LogP contribution in [0.2, 0.25) is 0 Å². The van der Waals surface area contributed by atoms with Crippen LogP contribution in [0.3, 0.4) is 0 Å². The highest BCUT2D eigenvalue weighted by atomic mass is 16.5. The molecule has 1 aromatic rings. The Balaban J connectivity index is 2.78. The van der Waals surface area contributed by atoms with Gasteiger partial charge in [0.05, 0.1) is 26.7 Å². The first-order chi connectivity index (χ1) is 8.73. The molecular weight excluding hydrogens is 230 g/mol. The van der Waals surface area contributed by atoms with Crippen LogP contribution in [0.1, 0.15) is 18.4 Å². The van der Waals surface area contributed by atoms with Gasteiger partial charge in [-0.15, -0.1) is 0 Å². The largest absolute Gasteiger partial charge is 0.497 e. The van der Waals surface area contributed by atoms with Crippen LogP contribution in [0.5, 0.6) is 11.5 Å². The third kappa shape index (κ3) is 3.97. The van der Waals surface area contributed by atoms with Gasteiger partial charge in [0.15, 0.2) is 0 Å². The number of nitrogens with zero attached hydrogens (tertiary/aromatic N) is 1. The molecule has 1 aromatic carbocycles. The zero-order valence-corrected chi connectivity index (χ0v) is 10.5. The fourth-order valence-corrected chi connectivity index (χ4v) is 1.58. The number of aryl methyl sites for hydroxylation is 1. The molecule has 0 atom stereocenters. The van der Waals surface area contributed by atoms with Gasteiger partial charge in [0.1, 0.15) is 17.4 Å². The molecule has 0 fully saturated rings. The predicted octanol–water partition coefficient (Wildman–Crippen LogP) is 2.31. The fraction of sp³-hybridized carbons (Fsp3) is 0.357. The Morgan fingerprint density at radius 1 is 1.22 bits per heavy atom. The van der Waals surface area contributed by atoms with Crippen molar-refractivity contribution in [3.05, 3.63) is 29.3 Å². The molecule has 0 unspecified atom stereocenters. The van der Waals surface area contributed by atoms with E-state index in [4.69, 9.17) is 14.7 Å². The van der Waals surface area contributed by atoms with Crippen LogP contribution < -0.4 is 9.47 Å². The molecule has 0 saturated carbocycles. The number of ether oxygens (including phenoxy) is 2. The number of nitriles is 1. The lowest BCUT2D eigenvalue weighted by Crippen LogP contribution is -1.93. The Bertz CT molecular complexity index is 474. The van der Waals surface area contributed by atoms with E-state index in [0.717, 1.165) is 5.56 Å². The van der Waals surface area contributed by atoms with Crippen molar-refractivity contribution < 1.29 is 14.3 Å². The van der Waals surface area contributed by atoms with E-state index in [1.165, 1.54) is 0 Å². The molecule has 0 aliphatic heterocycles. The van der Waals surface area contributed by atoms with E-state index in [2.05, 4.69) is 0 Å². The van der Waals surface area contributed by atoms with Gasteiger partial charge in [-0.3, -0.25) is 0 Å². The van der Waals surface area contributed by atoms with E-state index in [-0.39, 0.29) is 6.42 Å². The summed E-state index contributed by atoms with van der Waals surface area (Å²) < 4.78 is 10.3. The van der Waals surface area contributed by atoms with E-state index in [0.29, 0.717) is 29.9 Å². The summed E-state index contributed by atoms with van der Waals surface area (Å²) in [6.45, 7) is 0. The highest BCUT2D eigenvalue weighted by molar-refractivity contribution is 5.53. The Morgan fingerprint density at radius 3 is 2.28 bits per heavy atom.